The summed E-state index contributed by atoms with van der Waals surface area (Å²) < 4.78 is 31.7. The lowest BCUT2D eigenvalue weighted by Crippen LogP contribution is -2.20. The highest BCUT2D eigenvalue weighted by atomic mass is 32.2. The molecule has 29 heavy (non-hydrogen) atoms. The van der Waals surface area contributed by atoms with Crippen LogP contribution in [0.4, 0.5) is 0 Å². The van der Waals surface area contributed by atoms with Gasteiger partial charge in [0.25, 0.3) is 15.9 Å². The van der Waals surface area contributed by atoms with Crippen LogP contribution in [0.15, 0.2) is 51.9 Å². The van der Waals surface area contributed by atoms with Crippen LogP contribution in [-0.4, -0.2) is 37.3 Å². The smallest absolute Gasteiger partial charge is 0.264 e. The number of hydrogen-bond donors (Lipinski definition) is 1. The summed E-state index contributed by atoms with van der Waals surface area (Å²) in [4.78, 5) is 16.7. The highest BCUT2D eigenvalue weighted by Crippen LogP contribution is 2.27. The number of ether oxygens (including phenoxy) is 1. The zero-order chi connectivity index (χ0) is 20.9. The molecule has 7 nitrogen and oxygen atoms in total. The molecule has 0 saturated carbocycles. The average Bonchev–Trinajstić information content (AvgIpc) is 3.00. The molecule has 1 aromatic heterocycles. The van der Waals surface area contributed by atoms with Crippen molar-refractivity contribution in [2.24, 2.45) is 4.40 Å². The molecule has 0 unspecified atom stereocenters. The third-order valence-electron chi connectivity index (χ3n) is 4.00. The SMILES string of the molecule is CCc1ccc(CCOc2ccc(/C=C3\SC(=NS(C)(=O)=O)NC3=O)cc2)nc1. The molecule has 0 aliphatic carbocycles. The lowest BCUT2D eigenvalue weighted by atomic mass is 10.2. The van der Waals surface area contributed by atoms with Crippen LogP contribution in [0.2, 0.25) is 0 Å². The van der Waals surface area contributed by atoms with Gasteiger partial charge in [0.15, 0.2) is 5.17 Å². The van der Waals surface area contributed by atoms with Crippen molar-refractivity contribution in [2.75, 3.05) is 12.9 Å². The third kappa shape index (κ3) is 6.43. The number of rotatable bonds is 7. The van der Waals surface area contributed by atoms with Crippen molar-refractivity contribution >= 4 is 38.9 Å². The Morgan fingerprint density at radius 3 is 2.59 bits per heavy atom. The molecule has 2 aromatic rings. The molecular weight excluding hydrogens is 410 g/mol. The summed E-state index contributed by atoms with van der Waals surface area (Å²) >= 11 is 0.992. The van der Waals surface area contributed by atoms with E-state index in [0.29, 0.717) is 11.5 Å². The predicted molar refractivity (Wildman–Crippen MR) is 115 cm³/mol. The van der Waals surface area contributed by atoms with Gasteiger partial charge in [-0.05, 0) is 53.6 Å². The van der Waals surface area contributed by atoms with Gasteiger partial charge >= 0.3 is 0 Å². The number of amides is 1. The minimum atomic E-state index is -3.56. The van der Waals surface area contributed by atoms with E-state index in [1.807, 2.05) is 36.5 Å². The van der Waals surface area contributed by atoms with Gasteiger partial charge in [-0.15, -0.1) is 4.40 Å². The lowest BCUT2D eigenvalue weighted by molar-refractivity contribution is -0.115. The van der Waals surface area contributed by atoms with Crippen LogP contribution in [0.3, 0.4) is 0 Å². The fraction of sp³-hybridized carbons (Fsp3) is 0.250. The van der Waals surface area contributed by atoms with E-state index in [1.54, 1.807) is 6.08 Å². The number of nitrogens with one attached hydrogen (secondary N) is 1. The van der Waals surface area contributed by atoms with Crippen LogP contribution in [0, 0.1) is 0 Å². The first-order chi connectivity index (χ1) is 13.8. The number of carbonyl (C=O) groups excluding carboxylic acids is 1. The largest absolute Gasteiger partial charge is 0.493 e. The summed E-state index contributed by atoms with van der Waals surface area (Å²) in [6.45, 7) is 2.61. The molecule has 1 aliphatic rings. The van der Waals surface area contributed by atoms with Crippen molar-refractivity contribution in [3.05, 3.63) is 64.3 Å². The number of carbonyl (C=O) groups is 1. The first-order valence-electron chi connectivity index (χ1n) is 9.00. The van der Waals surface area contributed by atoms with Crippen LogP contribution >= 0.6 is 11.8 Å². The normalized spacial score (nSPS) is 17.0. The summed E-state index contributed by atoms with van der Waals surface area (Å²) in [5, 5.41) is 2.50. The van der Waals surface area contributed by atoms with Crippen LogP contribution < -0.4 is 10.1 Å². The maximum absolute atomic E-state index is 12.0. The molecule has 0 atom stereocenters. The molecular formula is C20H21N3O4S2. The summed E-state index contributed by atoms with van der Waals surface area (Å²) in [5.41, 5.74) is 3.00. The summed E-state index contributed by atoms with van der Waals surface area (Å²) in [6.07, 6.45) is 6.23. The van der Waals surface area contributed by atoms with Crippen LogP contribution in [-0.2, 0) is 27.7 Å². The standard InChI is InChI=1S/C20H21N3O4S2/c1-3-14-4-7-16(21-13-14)10-11-27-17-8-5-15(6-9-17)12-18-19(24)22-20(28-18)23-29(2,25)26/h4-9,12-13H,3,10-11H2,1-2H3,(H,22,23,24)/b18-12-. The molecule has 3 rings (SSSR count). The fourth-order valence-electron chi connectivity index (χ4n) is 2.52. The Morgan fingerprint density at radius 1 is 1.21 bits per heavy atom. The van der Waals surface area contributed by atoms with E-state index >= 15 is 0 Å². The number of aryl methyl sites for hydroxylation is 1. The Hall–Kier alpha value is -2.65. The minimum Gasteiger partial charge on any atom is -0.493 e. The van der Waals surface area contributed by atoms with Crippen molar-refractivity contribution in [3.8, 4) is 5.75 Å². The van der Waals surface area contributed by atoms with Gasteiger partial charge in [-0.1, -0.05) is 25.1 Å². The molecule has 1 aromatic carbocycles. The molecule has 2 heterocycles. The van der Waals surface area contributed by atoms with Gasteiger partial charge in [-0.25, -0.2) is 8.42 Å². The average molecular weight is 432 g/mol. The summed E-state index contributed by atoms with van der Waals surface area (Å²) in [5.74, 6) is 0.347. The monoisotopic (exact) mass is 431 g/mol. The van der Waals surface area contributed by atoms with E-state index < -0.39 is 10.0 Å². The quantitative estimate of drug-likeness (QED) is 0.677. The second-order valence-corrected chi connectivity index (χ2v) is 9.05. The van der Waals surface area contributed by atoms with E-state index in [1.165, 1.54) is 5.56 Å². The topological polar surface area (TPSA) is 97.7 Å². The van der Waals surface area contributed by atoms with Gasteiger partial charge in [-0.2, -0.15) is 0 Å². The van der Waals surface area contributed by atoms with Gasteiger partial charge in [0.1, 0.15) is 5.75 Å². The number of benzene rings is 1. The van der Waals surface area contributed by atoms with Gasteiger partial charge in [0.05, 0.1) is 17.8 Å². The maximum atomic E-state index is 12.0. The fourth-order valence-corrected chi connectivity index (χ4v) is 4.11. The molecule has 1 fully saturated rings. The summed E-state index contributed by atoms with van der Waals surface area (Å²) in [6, 6.07) is 11.4. The molecule has 0 bridgehead atoms. The minimum absolute atomic E-state index is 0.0595. The zero-order valence-electron chi connectivity index (χ0n) is 16.1. The number of nitrogens with zero attached hydrogens (tertiary/aromatic N) is 2. The van der Waals surface area contributed by atoms with E-state index in [9.17, 15) is 13.2 Å². The molecule has 1 saturated heterocycles. The molecule has 1 amide bonds. The maximum Gasteiger partial charge on any atom is 0.264 e. The molecule has 9 heteroatoms. The van der Waals surface area contributed by atoms with Gasteiger partial charge in [-0.3, -0.25) is 15.1 Å². The Labute approximate surface area is 174 Å². The first kappa shape index (κ1) is 21.1. The number of pyridine rings is 1. The second kappa shape index (κ2) is 9.23. The van der Waals surface area contributed by atoms with Gasteiger partial charge < -0.3 is 4.74 Å². The molecule has 152 valence electrons. The number of amidine groups is 1. The zero-order valence-corrected chi connectivity index (χ0v) is 17.7. The van der Waals surface area contributed by atoms with Crippen molar-refractivity contribution in [2.45, 2.75) is 19.8 Å². The number of aromatic nitrogens is 1. The Balaban J connectivity index is 1.56. The number of sulfonamides is 1. The van der Waals surface area contributed by atoms with Crippen LogP contribution in [0.25, 0.3) is 6.08 Å². The van der Waals surface area contributed by atoms with Crippen LogP contribution in [0.5, 0.6) is 5.75 Å². The third-order valence-corrected chi connectivity index (χ3v) is 5.54. The van der Waals surface area contributed by atoms with E-state index in [0.717, 1.165) is 47.9 Å². The van der Waals surface area contributed by atoms with Crippen molar-refractivity contribution in [1.29, 1.82) is 0 Å². The van der Waals surface area contributed by atoms with Gasteiger partial charge in [0.2, 0.25) is 0 Å². The van der Waals surface area contributed by atoms with E-state index in [4.69, 9.17) is 4.74 Å². The number of hydrogen-bond acceptors (Lipinski definition) is 6. The highest BCUT2D eigenvalue weighted by Gasteiger charge is 2.24. The lowest BCUT2D eigenvalue weighted by Gasteiger charge is -2.07. The van der Waals surface area contributed by atoms with E-state index in [-0.39, 0.29) is 11.1 Å². The first-order valence-corrected chi connectivity index (χ1v) is 11.7. The van der Waals surface area contributed by atoms with E-state index in [2.05, 4.69) is 27.7 Å². The molecule has 0 spiro atoms. The molecule has 0 radical (unpaired) electrons. The van der Waals surface area contributed by atoms with Crippen molar-refractivity contribution < 1.29 is 17.9 Å². The van der Waals surface area contributed by atoms with Gasteiger partial charge in [0, 0.05) is 18.3 Å². The second-order valence-electron chi connectivity index (χ2n) is 6.37. The van der Waals surface area contributed by atoms with Crippen molar-refractivity contribution in [3.63, 3.8) is 0 Å². The van der Waals surface area contributed by atoms with Crippen LogP contribution in [0.1, 0.15) is 23.7 Å². The molecule has 1 N–H and O–H groups in total. The Kier molecular flexibility index (Phi) is 6.71. The highest BCUT2D eigenvalue weighted by molar-refractivity contribution is 8.19. The predicted octanol–water partition coefficient (Wildman–Crippen LogP) is 2.79. The number of thioether (sulfide) groups is 1. The van der Waals surface area contributed by atoms with Crippen molar-refractivity contribution in [1.82, 2.24) is 10.3 Å². The molecule has 1 aliphatic heterocycles. The Morgan fingerprint density at radius 2 is 1.97 bits per heavy atom. The summed E-state index contributed by atoms with van der Waals surface area (Å²) in [7, 11) is -3.56. The Bertz CT molecular complexity index is 1040.